The molecular weight excluding hydrogens is 645 g/mol. The molecule has 2 spiro atoms. The third kappa shape index (κ3) is 4.39. The zero-order valence-corrected chi connectivity index (χ0v) is 30.1. The molecule has 2 aromatic rings. The van der Waals surface area contributed by atoms with Crippen LogP contribution in [0.25, 0.3) is 21.0 Å². The van der Waals surface area contributed by atoms with Crippen molar-refractivity contribution in [2.75, 3.05) is 0 Å². The summed E-state index contributed by atoms with van der Waals surface area (Å²) in [5.41, 5.74) is 7.55. The summed E-state index contributed by atoms with van der Waals surface area (Å²) in [5, 5.41) is 0. The Labute approximate surface area is 295 Å². The van der Waals surface area contributed by atoms with Gasteiger partial charge in [-0.15, -0.1) is 22.7 Å². The summed E-state index contributed by atoms with van der Waals surface area (Å²) >= 11 is 3.57. The Kier molecular flexibility index (Phi) is 7.77. The Morgan fingerprint density at radius 2 is 1.18 bits per heavy atom. The maximum atomic E-state index is 13.7. The van der Waals surface area contributed by atoms with E-state index < -0.39 is 0 Å². The van der Waals surface area contributed by atoms with Crippen LogP contribution in [0.2, 0.25) is 0 Å². The second kappa shape index (κ2) is 11.8. The molecule has 4 fully saturated rings. The number of hydrogen-bond acceptors (Lipinski definition) is 6. The predicted molar refractivity (Wildman–Crippen MR) is 201 cm³/mol. The summed E-state index contributed by atoms with van der Waals surface area (Å²) in [6.07, 6.45) is 25.8. The van der Waals surface area contributed by atoms with Crippen LogP contribution in [0.3, 0.4) is 0 Å². The molecule has 0 N–H and O–H groups in total. The van der Waals surface area contributed by atoms with Gasteiger partial charge in [0.25, 0.3) is 0 Å². The van der Waals surface area contributed by atoms with Crippen molar-refractivity contribution in [1.29, 1.82) is 0 Å². The van der Waals surface area contributed by atoms with E-state index in [1.807, 2.05) is 44.3 Å². The highest BCUT2D eigenvalue weighted by Crippen LogP contribution is 2.70. The topological polar surface area (TPSA) is 68.3 Å². The van der Waals surface area contributed by atoms with Crippen LogP contribution in [0.1, 0.15) is 100 Å². The second-order valence-corrected chi connectivity index (χ2v) is 16.3. The average molecular weight is 685 g/mol. The van der Waals surface area contributed by atoms with Crippen molar-refractivity contribution in [3.05, 3.63) is 115 Å². The fourth-order valence-corrected chi connectivity index (χ4v) is 12.7. The minimum absolute atomic E-state index is 0.109. The van der Waals surface area contributed by atoms with E-state index in [1.54, 1.807) is 41.7 Å². The van der Waals surface area contributed by atoms with Gasteiger partial charge in [-0.05, 0) is 87.0 Å². The molecule has 248 valence electrons. The number of hydrogen-bond donors (Lipinski definition) is 0. The van der Waals surface area contributed by atoms with Crippen LogP contribution in [0.15, 0.2) is 99.8 Å². The highest BCUT2D eigenvalue weighted by Gasteiger charge is 2.56. The fourth-order valence-electron chi connectivity index (χ4n) is 9.74. The predicted octanol–water partition coefficient (Wildman–Crippen LogP) is 10.4. The number of ketones is 4. The first-order valence-electron chi connectivity index (χ1n) is 17.7. The molecule has 0 bridgehead atoms. The molecule has 0 radical (unpaired) electrons. The number of carbonyl (C=O) groups is 4. The molecule has 49 heavy (non-hydrogen) atoms. The van der Waals surface area contributed by atoms with Gasteiger partial charge < -0.3 is 0 Å². The van der Waals surface area contributed by atoms with Crippen molar-refractivity contribution >= 4 is 66.9 Å². The first kappa shape index (κ1) is 32.2. The van der Waals surface area contributed by atoms with E-state index in [0.29, 0.717) is 22.3 Å². The first-order valence-corrected chi connectivity index (χ1v) is 19.4. The van der Waals surface area contributed by atoms with E-state index in [1.165, 1.54) is 43.8 Å². The quantitative estimate of drug-likeness (QED) is 0.238. The van der Waals surface area contributed by atoms with E-state index in [0.717, 1.165) is 61.8 Å². The summed E-state index contributed by atoms with van der Waals surface area (Å²) in [4.78, 5) is 56.1. The minimum atomic E-state index is -0.218. The van der Waals surface area contributed by atoms with E-state index >= 15 is 0 Å². The van der Waals surface area contributed by atoms with Crippen molar-refractivity contribution in [3.63, 3.8) is 0 Å². The van der Waals surface area contributed by atoms with Gasteiger partial charge in [-0.1, -0.05) is 81.6 Å². The molecule has 0 atom stereocenters. The number of allylic oxidation sites excluding steroid dienone is 16. The molecule has 0 unspecified atom stereocenters. The lowest BCUT2D eigenvalue weighted by molar-refractivity contribution is -0.116. The number of thiophene rings is 2. The lowest BCUT2D eigenvalue weighted by Gasteiger charge is -2.38. The number of rotatable bonds is 3. The molecule has 2 aromatic heterocycles. The lowest BCUT2D eigenvalue weighted by atomic mass is 9.66. The van der Waals surface area contributed by atoms with E-state index in [2.05, 4.69) is 18.7 Å². The monoisotopic (exact) mass is 684 g/mol. The maximum absolute atomic E-state index is 13.7. The van der Waals surface area contributed by atoms with Crippen molar-refractivity contribution in [2.45, 2.75) is 90.4 Å². The highest BCUT2D eigenvalue weighted by atomic mass is 32.1. The van der Waals surface area contributed by atoms with Gasteiger partial charge in [-0.3, -0.25) is 19.2 Å². The number of fused-ring (bicyclic) bond motifs is 7. The molecule has 0 aliphatic heterocycles. The molecule has 6 aliphatic rings. The third-order valence-electron chi connectivity index (χ3n) is 11.9. The van der Waals surface area contributed by atoms with Crippen LogP contribution < -0.4 is 0 Å². The molecule has 0 aromatic carbocycles. The standard InChI is InChI=1S/C43H40O4S2/c1-5-15-29-28(8-4)38(46)30(39(29)47)20-24-21-32-34(42(24)16-11-9-12-17-42)41-35(43(32)18-13-10-14-19-43)40-33(49-41)23-25(48-40)22-31-36(44)26(6-2)27(7-3)37(31)45/h5-8,15,20-23H,1,9-14,16-19H2,2-4H3/b26-6+,27-7+,28-8+,29-15+,30-20-. The Morgan fingerprint density at radius 3 is 1.76 bits per heavy atom. The summed E-state index contributed by atoms with van der Waals surface area (Å²) < 4.78 is 2.50. The van der Waals surface area contributed by atoms with Crippen LogP contribution in [0, 0.1) is 5.41 Å². The van der Waals surface area contributed by atoms with Gasteiger partial charge in [0.1, 0.15) is 0 Å². The molecule has 6 aliphatic carbocycles. The van der Waals surface area contributed by atoms with Gasteiger partial charge in [-0.2, -0.15) is 0 Å². The molecular formula is C43H40O4S2. The summed E-state index contributed by atoms with van der Waals surface area (Å²) in [6.45, 7) is 9.21. The van der Waals surface area contributed by atoms with E-state index in [-0.39, 0.29) is 45.1 Å². The number of carbonyl (C=O) groups excluding carboxylic acids is 4. The maximum Gasteiger partial charge on any atom is 0.197 e. The smallest absolute Gasteiger partial charge is 0.197 e. The van der Waals surface area contributed by atoms with Crippen molar-refractivity contribution in [2.24, 2.45) is 5.41 Å². The summed E-state index contributed by atoms with van der Waals surface area (Å²) in [5.74, 6) is -0.768. The molecule has 0 amide bonds. The Balaban J connectivity index is 1.28. The van der Waals surface area contributed by atoms with Crippen molar-refractivity contribution in [1.82, 2.24) is 0 Å². The van der Waals surface area contributed by atoms with Crippen molar-refractivity contribution < 1.29 is 19.2 Å². The van der Waals surface area contributed by atoms with Crippen LogP contribution in [0.5, 0.6) is 0 Å². The fraction of sp³-hybridized carbons (Fsp3) is 0.349. The minimum Gasteiger partial charge on any atom is -0.288 e. The molecule has 4 nitrogen and oxygen atoms in total. The zero-order chi connectivity index (χ0) is 34.2. The normalized spacial score (nSPS) is 27.0. The Bertz CT molecular complexity index is 2150. The molecule has 2 heterocycles. The number of Topliss-reactive ketones (excluding diaryl/α,β-unsaturated/α-hetero) is 4. The Hall–Kier alpha value is -4.00. The average Bonchev–Trinajstić information content (AvgIpc) is 3.89. The van der Waals surface area contributed by atoms with Gasteiger partial charge in [0.2, 0.25) is 0 Å². The second-order valence-electron chi connectivity index (χ2n) is 14.2. The van der Waals surface area contributed by atoms with Gasteiger partial charge in [-0.25, -0.2) is 0 Å². The summed E-state index contributed by atoms with van der Waals surface area (Å²) in [7, 11) is 0. The molecule has 6 heteroatoms. The zero-order valence-electron chi connectivity index (χ0n) is 28.4. The van der Waals surface area contributed by atoms with Crippen LogP contribution in [-0.4, -0.2) is 23.1 Å². The molecule has 8 rings (SSSR count). The largest absolute Gasteiger partial charge is 0.288 e. The van der Waals surface area contributed by atoms with Crippen LogP contribution in [-0.2, 0) is 24.6 Å². The van der Waals surface area contributed by atoms with Crippen molar-refractivity contribution in [3.8, 4) is 0 Å². The Morgan fingerprint density at radius 1 is 0.653 bits per heavy atom. The van der Waals surface area contributed by atoms with Gasteiger partial charge >= 0.3 is 0 Å². The molecule has 0 saturated heterocycles. The lowest BCUT2D eigenvalue weighted by Crippen LogP contribution is -2.28. The SMILES string of the molecule is C=C/C=C1/C(=O)/C(=C\C2=CC3=C(c4sc5cc(C=C6C(=O)C(=C/C)/C(=C\C)C6=O)sc5c4C34CCCCC4)C23CCCCC3)C(=O)/C1=C/C. The van der Waals surface area contributed by atoms with E-state index in [9.17, 15) is 19.2 Å². The summed E-state index contributed by atoms with van der Waals surface area (Å²) in [6, 6.07) is 2.18. The van der Waals surface area contributed by atoms with Crippen LogP contribution >= 0.6 is 22.7 Å². The van der Waals surface area contributed by atoms with Gasteiger partial charge in [0.05, 0.1) is 15.8 Å². The van der Waals surface area contributed by atoms with Gasteiger partial charge in [0.15, 0.2) is 23.1 Å². The van der Waals surface area contributed by atoms with Gasteiger partial charge in [0, 0.05) is 47.6 Å². The first-order chi connectivity index (χ1) is 23.7. The highest BCUT2D eigenvalue weighted by molar-refractivity contribution is 7.29. The third-order valence-corrected chi connectivity index (χ3v) is 14.3. The van der Waals surface area contributed by atoms with Crippen LogP contribution in [0.4, 0.5) is 0 Å². The van der Waals surface area contributed by atoms with E-state index in [4.69, 9.17) is 0 Å². The molecule has 4 saturated carbocycles.